The first-order chi connectivity index (χ1) is 6.40. The van der Waals surface area contributed by atoms with Gasteiger partial charge in [-0.3, -0.25) is 0 Å². The van der Waals surface area contributed by atoms with Crippen LogP contribution in [0.25, 0.3) is 0 Å². The Balaban J connectivity index is 2.72. The molecule has 0 fully saturated rings. The Morgan fingerprint density at radius 1 is 1.57 bits per heavy atom. The third kappa shape index (κ3) is 3.04. The van der Waals surface area contributed by atoms with Crippen LogP contribution in [-0.2, 0) is 16.4 Å². The molecule has 1 unspecified atom stereocenters. The predicted octanol–water partition coefficient (Wildman–Crippen LogP) is -1.26. The second-order valence-electron chi connectivity index (χ2n) is 3.18. The fourth-order valence-corrected chi connectivity index (χ4v) is 1.45. The number of nitrogens with two attached hydrogens (primary N) is 1. The molecule has 0 amide bonds. The molecule has 0 aliphatic heterocycles. The van der Waals surface area contributed by atoms with Crippen molar-refractivity contribution in [2.24, 2.45) is 5.73 Å². The van der Waals surface area contributed by atoms with E-state index in [-0.39, 0.29) is 18.3 Å². The topological polar surface area (TPSA) is 104 Å². The van der Waals surface area contributed by atoms with Gasteiger partial charge in [-0.05, 0) is 17.4 Å². The third-order valence-corrected chi connectivity index (χ3v) is 2.56. The summed E-state index contributed by atoms with van der Waals surface area (Å²) in [5.41, 5.74) is 5.59. The molecule has 0 aromatic carbocycles. The molecule has 1 heterocycles. The summed E-state index contributed by atoms with van der Waals surface area (Å²) in [4.78, 5) is 0. The van der Waals surface area contributed by atoms with Crippen LogP contribution in [0.1, 0.15) is 18.8 Å². The van der Waals surface area contributed by atoms with E-state index in [2.05, 4.69) is 15.5 Å². The van der Waals surface area contributed by atoms with Crippen LogP contribution in [0.3, 0.4) is 0 Å². The molecule has 0 spiro atoms. The molecule has 1 atom stereocenters. The fraction of sp³-hybridized carbons (Fsp3) is 0.833. The van der Waals surface area contributed by atoms with Crippen molar-refractivity contribution < 1.29 is 8.42 Å². The van der Waals surface area contributed by atoms with Crippen molar-refractivity contribution in [3.05, 3.63) is 5.82 Å². The van der Waals surface area contributed by atoms with E-state index in [0.717, 1.165) is 0 Å². The number of nitrogens with zero attached hydrogens (tertiary/aromatic N) is 4. The van der Waals surface area contributed by atoms with Crippen molar-refractivity contribution in [3.8, 4) is 0 Å². The number of aryl methyl sites for hydroxylation is 1. The zero-order valence-corrected chi connectivity index (χ0v) is 8.90. The summed E-state index contributed by atoms with van der Waals surface area (Å²) in [6.45, 7) is 1.98. The predicted molar refractivity (Wildman–Crippen MR) is 50.1 cm³/mol. The van der Waals surface area contributed by atoms with Crippen LogP contribution in [0.4, 0.5) is 0 Å². The van der Waals surface area contributed by atoms with Crippen molar-refractivity contribution in [1.29, 1.82) is 0 Å². The summed E-state index contributed by atoms with van der Waals surface area (Å²) in [5.74, 6) is 0.506. The Morgan fingerprint density at radius 3 is 2.71 bits per heavy atom. The monoisotopic (exact) mass is 219 g/mol. The lowest BCUT2D eigenvalue weighted by atomic mass is 10.3. The molecule has 1 aromatic heterocycles. The first-order valence-electron chi connectivity index (χ1n) is 4.09. The molecule has 0 bridgehead atoms. The normalized spacial score (nSPS) is 14.2. The number of tetrazole rings is 1. The van der Waals surface area contributed by atoms with E-state index < -0.39 is 9.84 Å². The smallest absolute Gasteiger partial charge is 0.167 e. The largest absolute Gasteiger partial charge is 0.322 e. The lowest BCUT2D eigenvalue weighted by molar-refractivity contribution is 0.554. The maximum Gasteiger partial charge on any atom is 0.167 e. The van der Waals surface area contributed by atoms with Crippen LogP contribution < -0.4 is 5.73 Å². The van der Waals surface area contributed by atoms with Crippen molar-refractivity contribution in [1.82, 2.24) is 20.2 Å². The summed E-state index contributed by atoms with van der Waals surface area (Å²) in [6, 6.07) is -0.301. The molecular weight excluding hydrogens is 206 g/mol. The van der Waals surface area contributed by atoms with Crippen LogP contribution in [-0.4, -0.2) is 40.6 Å². The number of hydrogen-bond acceptors (Lipinski definition) is 6. The zero-order valence-electron chi connectivity index (χ0n) is 8.08. The molecule has 0 saturated heterocycles. The van der Waals surface area contributed by atoms with Crippen molar-refractivity contribution in [3.63, 3.8) is 0 Å². The maximum atomic E-state index is 10.9. The number of sulfone groups is 1. The Labute approximate surface area is 82.2 Å². The van der Waals surface area contributed by atoms with Crippen LogP contribution in [0, 0.1) is 0 Å². The van der Waals surface area contributed by atoms with Gasteiger partial charge in [0.1, 0.15) is 9.84 Å². The molecule has 7 nitrogen and oxygen atoms in total. The van der Waals surface area contributed by atoms with Gasteiger partial charge in [0.2, 0.25) is 0 Å². The quantitative estimate of drug-likeness (QED) is 0.677. The highest BCUT2D eigenvalue weighted by atomic mass is 32.2. The van der Waals surface area contributed by atoms with Gasteiger partial charge in [-0.15, -0.1) is 5.10 Å². The van der Waals surface area contributed by atoms with E-state index in [1.807, 2.05) is 0 Å². The number of rotatable bonds is 4. The van der Waals surface area contributed by atoms with Crippen LogP contribution >= 0.6 is 0 Å². The van der Waals surface area contributed by atoms with Crippen molar-refractivity contribution in [2.75, 3.05) is 12.0 Å². The number of hydrogen-bond donors (Lipinski definition) is 1. The second kappa shape index (κ2) is 4.01. The summed E-state index contributed by atoms with van der Waals surface area (Å²) in [5, 5.41) is 10.8. The lowest BCUT2D eigenvalue weighted by Gasteiger charge is -2.05. The lowest BCUT2D eigenvalue weighted by Crippen LogP contribution is -2.18. The highest BCUT2D eigenvalue weighted by molar-refractivity contribution is 7.90. The van der Waals surface area contributed by atoms with Crippen molar-refractivity contribution in [2.45, 2.75) is 19.5 Å². The average molecular weight is 219 g/mol. The molecule has 0 aliphatic rings. The van der Waals surface area contributed by atoms with Gasteiger partial charge in [0, 0.05) is 6.26 Å². The molecule has 1 aromatic rings. The van der Waals surface area contributed by atoms with Crippen LogP contribution in [0.5, 0.6) is 0 Å². The number of aromatic nitrogens is 4. The van der Waals surface area contributed by atoms with Gasteiger partial charge in [-0.2, -0.15) is 0 Å². The first kappa shape index (κ1) is 11.1. The van der Waals surface area contributed by atoms with E-state index in [0.29, 0.717) is 5.82 Å². The summed E-state index contributed by atoms with van der Waals surface area (Å²) in [7, 11) is -3.00. The van der Waals surface area contributed by atoms with E-state index >= 15 is 0 Å². The minimum atomic E-state index is -3.00. The SMILES string of the molecule is CC(N)c1nnnn1CCS(C)(=O)=O. The van der Waals surface area contributed by atoms with E-state index in [9.17, 15) is 8.42 Å². The molecule has 2 N–H and O–H groups in total. The molecule has 0 saturated carbocycles. The van der Waals surface area contributed by atoms with E-state index in [1.54, 1.807) is 6.92 Å². The maximum absolute atomic E-state index is 10.9. The molecule has 0 radical (unpaired) electrons. The average Bonchev–Trinajstić information content (AvgIpc) is 2.46. The minimum absolute atomic E-state index is 0.0117. The van der Waals surface area contributed by atoms with Crippen LogP contribution in [0.2, 0.25) is 0 Å². The zero-order chi connectivity index (χ0) is 10.8. The first-order valence-corrected chi connectivity index (χ1v) is 6.15. The standard InChI is InChI=1S/C6H13N5O2S/c1-5(7)6-8-9-10-11(6)3-4-14(2,12)13/h5H,3-4,7H2,1-2H3. The second-order valence-corrected chi connectivity index (χ2v) is 5.44. The highest BCUT2D eigenvalue weighted by Crippen LogP contribution is 2.03. The Hall–Kier alpha value is -1.02. The highest BCUT2D eigenvalue weighted by Gasteiger charge is 2.11. The molecule has 80 valence electrons. The Bertz CT molecular complexity index is 396. The third-order valence-electron chi connectivity index (χ3n) is 1.64. The van der Waals surface area contributed by atoms with Gasteiger partial charge >= 0.3 is 0 Å². The summed E-state index contributed by atoms with van der Waals surface area (Å²) in [6.07, 6.45) is 1.17. The van der Waals surface area contributed by atoms with Gasteiger partial charge in [0.15, 0.2) is 5.82 Å². The van der Waals surface area contributed by atoms with E-state index in [1.165, 1.54) is 10.9 Å². The van der Waals surface area contributed by atoms with Gasteiger partial charge in [0.25, 0.3) is 0 Å². The van der Waals surface area contributed by atoms with Gasteiger partial charge in [-0.25, -0.2) is 13.1 Å². The van der Waals surface area contributed by atoms with Gasteiger partial charge in [-0.1, -0.05) is 0 Å². The molecule has 1 rings (SSSR count). The molecule has 8 heteroatoms. The minimum Gasteiger partial charge on any atom is -0.322 e. The van der Waals surface area contributed by atoms with Gasteiger partial charge < -0.3 is 5.73 Å². The molecule has 14 heavy (non-hydrogen) atoms. The van der Waals surface area contributed by atoms with Crippen LogP contribution in [0.15, 0.2) is 0 Å². The molecule has 0 aliphatic carbocycles. The Kier molecular flexibility index (Phi) is 3.17. The molecular formula is C6H13N5O2S. The summed E-state index contributed by atoms with van der Waals surface area (Å²) >= 11 is 0. The van der Waals surface area contributed by atoms with E-state index in [4.69, 9.17) is 5.73 Å². The van der Waals surface area contributed by atoms with Gasteiger partial charge in [0.05, 0.1) is 18.3 Å². The fourth-order valence-electron chi connectivity index (χ4n) is 0.949. The Morgan fingerprint density at radius 2 is 2.21 bits per heavy atom. The summed E-state index contributed by atoms with van der Waals surface area (Å²) < 4.78 is 23.2. The van der Waals surface area contributed by atoms with Crippen molar-refractivity contribution >= 4 is 9.84 Å².